The van der Waals surface area contributed by atoms with Crippen LogP contribution in [0.25, 0.3) is 22.6 Å². The predicted octanol–water partition coefficient (Wildman–Crippen LogP) is 4.09. The third-order valence-electron chi connectivity index (χ3n) is 6.60. The SMILES string of the molecule is CN/C=C(\C=N)c1ccc(CNc2cc(-c3cnc4cc(OC5CCN(C)CC5)ccn34)ncn2)cc1. The number of pyridine rings is 1. The molecule has 9 nitrogen and oxygen atoms in total. The maximum atomic E-state index is 7.57. The first-order valence-electron chi connectivity index (χ1n) is 12.5. The van der Waals surface area contributed by atoms with E-state index in [0.29, 0.717) is 6.54 Å². The molecule has 0 unspecified atom stereocenters. The summed E-state index contributed by atoms with van der Waals surface area (Å²) in [5, 5.41) is 13.9. The first kappa shape index (κ1) is 24.5. The fraction of sp³-hybridized carbons (Fsp3) is 0.286. The molecule has 1 saturated heterocycles. The number of hydrogen-bond acceptors (Lipinski definition) is 8. The lowest BCUT2D eigenvalue weighted by Crippen LogP contribution is -2.35. The zero-order chi connectivity index (χ0) is 25.6. The summed E-state index contributed by atoms with van der Waals surface area (Å²) in [7, 11) is 3.98. The van der Waals surface area contributed by atoms with Crippen molar-refractivity contribution in [3.05, 3.63) is 78.5 Å². The van der Waals surface area contributed by atoms with E-state index in [2.05, 4.69) is 37.5 Å². The molecule has 3 N–H and O–H groups in total. The number of ether oxygens (including phenoxy) is 1. The van der Waals surface area contributed by atoms with E-state index in [1.165, 1.54) is 6.21 Å². The van der Waals surface area contributed by atoms with Crippen molar-refractivity contribution in [1.29, 1.82) is 5.41 Å². The summed E-state index contributed by atoms with van der Waals surface area (Å²) in [6, 6.07) is 14.0. The van der Waals surface area contributed by atoms with Crippen molar-refractivity contribution in [3.63, 3.8) is 0 Å². The van der Waals surface area contributed by atoms with Crippen LogP contribution >= 0.6 is 0 Å². The van der Waals surface area contributed by atoms with Gasteiger partial charge in [-0.2, -0.15) is 0 Å². The Morgan fingerprint density at radius 2 is 1.92 bits per heavy atom. The Bertz CT molecular complexity index is 1390. The van der Waals surface area contributed by atoms with Crippen molar-refractivity contribution < 1.29 is 4.74 Å². The number of hydrogen-bond donors (Lipinski definition) is 3. The summed E-state index contributed by atoms with van der Waals surface area (Å²) in [4.78, 5) is 15.8. The molecular weight excluding hydrogens is 464 g/mol. The van der Waals surface area contributed by atoms with Crippen molar-refractivity contribution in [2.45, 2.75) is 25.5 Å². The van der Waals surface area contributed by atoms with E-state index >= 15 is 0 Å². The molecule has 0 radical (unpaired) electrons. The van der Waals surface area contributed by atoms with E-state index in [9.17, 15) is 0 Å². The summed E-state index contributed by atoms with van der Waals surface area (Å²) >= 11 is 0. The molecule has 37 heavy (non-hydrogen) atoms. The molecule has 0 atom stereocenters. The first-order valence-corrected chi connectivity index (χ1v) is 12.5. The number of piperidine rings is 1. The summed E-state index contributed by atoms with van der Waals surface area (Å²) in [6.45, 7) is 2.75. The van der Waals surface area contributed by atoms with Crippen LogP contribution in [0, 0.1) is 5.41 Å². The fourth-order valence-corrected chi connectivity index (χ4v) is 4.49. The molecule has 0 saturated carbocycles. The van der Waals surface area contributed by atoms with Crippen molar-refractivity contribution >= 4 is 23.3 Å². The van der Waals surface area contributed by atoms with Gasteiger partial charge in [0.2, 0.25) is 0 Å². The van der Waals surface area contributed by atoms with Gasteiger partial charge in [-0.05, 0) is 37.1 Å². The zero-order valence-corrected chi connectivity index (χ0v) is 21.2. The van der Waals surface area contributed by atoms with Gasteiger partial charge in [-0.3, -0.25) is 4.40 Å². The Morgan fingerprint density at radius 1 is 1.11 bits per heavy atom. The van der Waals surface area contributed by atoms with Crippen LogP contribution in [0.4, 0.5) is 5.82 Å². The standard InChI is InChI=1S/C28H32N8O/c1-30-17-22(15-29)21-5-3-20(4-6-21)16-31-27-14-25(33-19-34-27)26-18-32-28-13-24(9-12-36(26)28)37-23-7-10-35(2)11-8-23/h3-6,9,12-15,17-19,23,29-30H,7-8,10-11,16H2,1-2H3,(H,31,33,34)/b22-17+,29-15?. The first-order chi connectivity index (χ1) is 18.1. The van der Waals surface area contributed by atoms with Crippen LogP contribution in [-0.2, 0) is 6.54 Å². The van der Waals surface area contributed by atoms with Crippen molar-refractivity contribution in [2.75, 3.05) is 32.5 Å². The molecule has 4 aromatic rings. The normalized spacial score (nSPS) is 15.0. The fourth-order valence-electron chi connectivity index (χ4n) is 4.49. The number of rotatable bonds is 9. The van der Waals surface area contributed by atoms with Gasteiger partial charge in [0.25, 0.3) is 0 Å². The average molecular weight is 497 g/mol. The minimum atomic E-state index is 0.252. The largest absolute Gasteiger partial charge is 0.490 e. The van der Waals surface area contributed by atoms with Crippen molar-refractivity contribution in [3.8, 4) is 17.1 Å². The highest BCUT2D eigenvalue weighted by Gasteiger charge is 2.18. The van der Waals surface area contributed by atoms with Gasteiger partial charge in [-0.25, -0.2) is 15.0 Å². The Hall–Kier alpha value is -4.24. The number of likely N-dealkylation sites (tertiary alicyclic amines) is 1. The van der Waals surface area contributed by atoms with Crippen LogP contribution < -0.4 is 15.4 Å². The quantitative estimate of drug-likeness (QED) is 0.300. The second-order valence-electron chi connectivity index (χ2n) is 9.23. The molecule has 9 heteroatoms. The molecule has 190 valence electrons. The predicted molar refractivity (Wildman–Crippen MR) is 147 cm³/mol. The molecule has 0 aliphatic carbocycles. The van der Waals surface area contributed by atoms with Crippen LogP contribution in [0.3, 0.4) is 0 Å². The van der Waals surface area contributed by atoms with Gasteiger partial charge >= 0.3 is 0 Å². The zero-order valence-electron chi connectivity index (χ0n) is 21.2. The van der Waals surface area contributed by atoms with Gasteiger partial charge in [-0.15, -0.1) is 0 Å². The minimum Gasteiger partial charge on any atom is -0.490 e. The number of fused-ring (bicyclic) bond motifs is 1. The number of benzene rings is 1. The van der Waals surface area contributed by atoms with E-state index in [1.807, 2.05) is 72.5 Å². The Morgan fingerprint density at radius 3 is 2.68 bits per heavy atom. The molecule has 0 bridgehead atoms. The van der Waals surface area contributed by atoms with Gasteiger partial charge in [-0.1, -0.05) is 24.3 Å². The average Bonchev–Trinajstić information content (AvgIpc) is 3.36. The van der Waals surface area contributed by atoms with Gasteiger partial charge in [0, 0.05) is 63.0 Å². The maximum absolute atomic E-state index is 7.57. The van der Waals surface area contributed by atoms with Crippen molar-refractivity contribution in [1.82, 2.24) is 29.6 Å². The lowest BCUT2D eigenvalue weighted by molar-refractivity contribution is 0.114. The number of anilines is 1. The van der Waals surface area contributed by atoms with Crippen LogP contribution in [0.5, 0.6) is 5.75 Å². The summed E-state index contributed by atoms with van der Waals surface area (Å²) in [5.74, 6) is 1.59. The molecule has 0 amide bonds. The van der Waals surface area contributed by atoms with Crippen molar-refractivity contribution in [2.24, 2.45) is 0 Å². The van der Waals surface area contributed by atoms with Crippen LogP contribution in [0.15, 0.2) is 67.4 Å². The lowest BCUT2D eigenvalue weighted by Gasteiger charge is -2.29. The Balaban J connectivity index is 1.26. The molecule has 5 rings (SSSR count). The second-order valence-corrected chi connectivity index (χ2v) is 9.23. The molecule has 0 spiro atoms. The summed E-state index contributed by atoms with van der Waals surface area (Å²) in [5.41, 5.74) is 5.44. The van der Waals surface area contributed by atoms with Gasteiger partial charge < -0.3 is 25.7 Å². The highest BCUT2D eigenvalue weighted by Crippen LogP contribution is 2.25. The molecule has 3 aromatic heterocycles. The monoisotopic (exact) mass is 496 g/mol. The van der Waals surface area contributed by atoms with Crippen LogP contribution in [0.2, 0.25) is 0 Å². The lowest BCUT2D eigenvalue weighted by atomic mass is 10.1. The smallest absolute Gasteiger partial charge is 0.140 e. The molecule has 4 heterocycles. The van der Waals surface area contributed by atoms with Gasteiger partial charge in [0.15, 0.2) is 0 Å². The minimum absolute atomic E-state index is 0.252. The molecule has 1 aliphatic rings. The highest BCUT2D eigenvalue weighted by molar-refractivity contribution is 6.08. The topological polar surface area (TPSA) is 103 Å². The third kappa shape index (κ3) is 5.78. The maximum Gasteiger partial charge on any atom is 0.140 e. The van der Waals surface area contributed by atoms with E-state index in [-0.39, 0.29) is 6.10 Å². The second kappa shape index (κ2) is 11.2. The Labute approximate surface area is 216 Å². The van der Waals surface area contributed by atoms with Gasteiger partial charge in [0.05, 0.1) is 17.6 Å². The molecule has 1 fully saturated rings. The van der Waals surface area contributed by atoms with Gasteiger partial charge in [0.1, 0.15) is 29.6 Å². The van der Waals surface area contributed by atoms with E-state index in [4.69, 9.17) is 10.1 Å². The number of nitrogens with zero attached hydrogens (tertiary/aromatic N) is 5. The number of nitrogens with one attached hydrogen (secondary N) is 3. The highest BCUT2D eigenvalue weighted by atomic mass is 16.5. The number of imidazole rings is 1. The third-order valence-corrected chi connectivity index (χ3v) is 6.60. The van der Waals surface area contributed by atoms with E-state index in [1.54, 1.807) is 6.33 Å². The molecule has 1 aromatic carbocycles. The molecule has 1 aliphatic heterocycles. The van der Waals surface area contributed by atoms with E-state index < -0.39 is 0 Å². The number of aromatic nitrogens is 4. The Kier molecular flexibility index (Phi) is 7.41. The summed E-state index contributed by atoms with van der Waals surface area (Å²) in [6.07, 6.45) is 10.9. The van der Waals surface area contributed by atoms with Crippen LogP contribution in [-0.4, -0.2) is 63.8 Å². The van der Waals surface area contributed by atoms with E-state index in [0.717, 1.165) is 71.2 Å². The summed E-state index contributed by atoms with van der Waals surface area (Å²) < 4.78 is 8.25. The van der Waals surface area contributed by atoms with Crippen LogP contribution in [0.1, 0.15) is 24.0 Å². The number of allylic oxidation sites excluding steroid dienone is 1. The molecular formula is C28H32N8O.